The highest BCUT2D eigenvalue weighted by molar-refractivity contribution is 8.00. The molecule has 1 aliphatic rings. The van der Waals surface area contributed by atoms with Crippen molar-refractivity contribution >= 4 is 29.3 Å². The molecule has 0 aliphatic carbocycles. The van der Waals surface area contributed by atoms with Gasteiger partial charge in [0, 0.05) is 36.1 Å². The van der Waals surface area contributed by atoms with E-state index in [2.05, 4.69) is 34.5 Å². The Morgan fingerprint density at radius 2 is 1.75 bits per heavy atom. The summed E-state index contributed by atoms with van der Waals surface area (Å²) in [5.74, 6) is 0.0693. The van der Waals surface area contributed by atoms with Crippen LogP contribution in [0.15, 0.2) is 53.4 Å². The number of carbonyl (C=O) groups is 1. The van der Waals surface area contributed by atoms with Crippen LogP contribution in [-0.4, -0.2) is 42.4 Å². The van der Waals surface area contributed by atoms with E-state index in [0.717, 1.165) is 49.7 Å². The number of hydrogen-bond donors (Lipinski definition) is 1. The summed E-state index contributed by atoms with van der Waals surface area (Å²) in [6, 6.07) is 16.1. The van der Waals surface area contributed by atoms with E-state index in [-0.39, 0.29) is 11.2 Å². The normalized spacial score (nSPS) is 15.9. The predicted octanol–water partition coefficient (Wildman–Crippen LogP) is 4.36. The molecule has 4 nitrogen and oxygen atoms in total. The fourth-order valence-electron chi connectivity index (χ4n) is 3.08. The topological polar surface area (TPSA) is 41.6 Å². The Bertz CT molecular complexity index is 746. The predicted molar refractivity (Wildman–Crippen MR) is 116 cm³/mol. The molecular weight excluding hydrogens is 392 g/mol. The Morgan fingerprint density at radius 1 is 1.11 bits per heavy atom. The van der Waals surface area contributed by atoms with Crippen molar-refractivity contribution < 1.29 is 9.53 Å². The number of nitrogens with one attached hydrogen (secondary N) is 1. The van der Waals surface area contributed by atoms with Gasteiger partial charge in [0.05, 0.1) is 18.5 Å². The van der Waals surface area contributed by atoms with Crippen LogP contribution in [0.1, 0.15) is 24.5 Å². The van der Waals surface area contributed by atoms with Crippen LogP contribution in [0.4, 0.5) is 0 Å². The van der Waals surface area contributed by atoms with E-state index in [0.29, 0.717) is 11.6 Å². The first-order chi connectivity index (χ1) is 13.6. The summed E-state index contributed by atoms with van der Waals surface area (Å²) in [7, 11) is 0. The molecule has 1 unspecified atom stereocenters. The van der Waals surface area contributed by atoms with Gasteiger partial charge in [0.1, 0.15) is 0 Å². The van der Waals surface area contributed by atoms with Crippen LogP contribution in [0.25, 0.3) is 0 Å². The smallest absolute Gasteiger partial charge is 0.233 e. The van der Waals surface area contributed by atoms with Crippen molar-refractivity contribution in [3.05, 3.63) is 64.7 Å². The number of halogens is 1. The summed E-state index contributed by atoms with van der Waals surface area (Å²) in [6.45, 7) is 7.14. The first-order valence-electron chi connectivity index (χ1n) is 9.72. The fourth-order valence-corrected chi connectivity index (χ4v) is 4.19. The first kappa shape index (κ1) is 21.2. The van der Waals surface area contributed by atoms with Crippen LogP contribution < -0.4 is 5.32 Å². The van der Waals surface area contributed by atoms with Crippen molar-refractivity contribution in [2.24, 2.45) is 0 Å². The zero-order valence-corrected chi connectivity index (χ0v) is 17.8. The SMILES string of the molecule is CCC(Sc1ccc(Cl)cc1)C(=O)NCc1ccc(CN2CCOCC2)cc1. The second-order valence-electron chi connectivity index (χ2n) is 6.89. The Hall–Kier alpha value is -1.53. The fraction of sp³-hybridized carbons (Fsp3) is 0.409. The van der Waals surface area contributed by atoms with Crippen molar-refractivity contribution in [2.75, 3.05) is 26.3 Å². The Labute approximate surface area is 176 Å². The molecule has 0 spiro atoms. The number of carbonyl (C=O) groups excluding carboxylic acids is 1. The first-order valence-corrected chi connectivity index (χ1v) is 11.0. The minimum atomic E-state index is -0.109. The number of nitrogens with zero attached hydrogens (tertiary/aromatic N) is 1. The molecule has 1 fully saturated rings. The molecule has 2 aromatic rings. The number of thioether (sulfide) groups is 1. The Balaban J connectivity index is 1.47. The van der Waals surface area contributed by atoms with Gasteiger partial charge in [0.25, 0.3) is 0 Å². The molecular formula is C22H27ClN2O2S. The highest BCUT2D eigenvalue weighted by atomic mass is 35.5. The molecule has 2 aromatic carbocycles. The lowest BCUT2D eigenvalue weighted by Crippen LogP contribution is -2.35. The number of amides is 1. The van der Waals surface area contributed by atoms with E-state index in [1.165, 1.54) is 5.56 Å². The van der Waals surface area contributed by atoms with Crippen molar-refractivity contribution in [1.29, 1.82) is 0 Å². The molecule has 1 atom stereocenters. The summed E-state index contributed by atoms with van der Waals surface area (Å²) in [5.41, 5.74) is 2.41. The van der Waals surface area contributed by atoms with E-state index in [1.54, 1.807) is 11.8 Å². The highest BCUT2D eigenvalue weighted by Crippen LogP contribution is 2.26. The second-order valence-corrected chi connectivity index (χ2v) is 8.60. The molecule has 1 amide bonds. The highest BCUT2D eigenvalue weighted by Gasteiger charge is 2.17. The number of hydrogen-bond acceptors (Lipinski definition) is 4. The van der Waals surface area contributed by atoms with Gasteiger partial charge < -0.3 is 10.1 Å². The largest absolute Gasteiger partial charge is 0.379 e. The van der Waals surface area contributed by atoms with E-state index < -0.39 is 0 Å². The Kier molecular flexibility index (Phi) is 8.22. The molecule has 150 valence electrons. The van der Waals surface area contributed by atoms with Crippen LogP contribution in [-0.2, 0) is 22.6 Å². The lowest BCUT2D eigenvalue weighted by atomic mass is 10.1. The number of morpholine rings is 1. The van der Waals surface area contributed by atoms with E-state index in [4.69, 9.17) is 16.3 Å². The monoisotopic (exact) mass is 418 g/mol. The molecule has 3 rings (SSSR count). The summed E-state index contributed by atoms with van der Waals surface area (Å²) in [6.07, 6.45) is 0.775. The maximum atomic E-state index is 12.6. The summed E-state index contributed by atoms with van der Waals surface area (Å²) in [4.78, 5) is 16.0. The molecule has 0 bridgehead atoms. The van der Waals surface area contributed by atoms with Gasteiger partial charge in [-0.15, -0.1) is 11.8 Å². The zero-order valence-electron chi connectivity index (χ0n) is 16.2. The summed E-state index contributed by atoms with van der Waals surface area (Å²) in [5, 5.41) is 3.67. The average Bonchev–Trinajstić information content (AvgIpc) is 2.73. The van der Waals surface area contributed by atoms with Crippen molar-refractivity contribution in [3.8, 4) is 0 Å². The van der Waals surface area contributed by atoms with Crippen LogP contribution >= 0.6 is 23.4 Å². The molecule has 28 heavy (non-hydrogen) atoms. The average molecular weight is 419 g/mol. The second kappa shape index (κ2) is 10.9. The van der Waals surface area contributed by atoms with E-state index >= 15 is 0 Å². The Morgan fingerprint density at radius 3 is 2.39 bits per heavy atom. The van der Waals surface area contributed by atoms with Crippen LogP contribution in [0.5, 0.6) is 0 Å². The van der Waals surface area contributed by atoms with Gasteiger partial charge in [-0.3, -0.25) is 9.69 Å². The maximum Gasteiger partial charge on any atom is 0.233 e. The minimum absolute atomic E-state index is 0.0693. The van der Waals surface area contributed by atoms with Gasteiger partial charge in [-0.25, -0.2) is 0 Å². The standard InChI is InChI=1S/C22H27ClN2O2S/c1-2-21(28-20-9-7-19(23)8-10-20)22(26)24-15-17-3-5-18(6-4-17)16-25-11-13-27-14-12-25/h3-10,21H,2,11-16H2,1H3,(H,24,26). The number of benzene rings is 2. The zero-order chi connectivity index (χ0) is 19.8. The molecule has 1 N–H and O–H groups in total. The van der Waals surface area contributed by atoms with Gasteiger partial charge in [0.15, 0.2) is 0 Å². The van der Waals surface area contributed by atoms with Gasteiger partial charge in [-0.05, 0) is 41.8 Å². The van der Waals surface area contributed by atoms with Crippen LogP contribution in [0.3, 0.4) is 0 Å². The van der Waals surface area contributed by atoms with Gasteiger partial charge in [-0.2, -0.15) is 0 Å². The van der Waals surface area contributed by atoms with E-state index in [1.807, 2.05) is 31.2 Å². The molecule has 6 heteroatoms. The molecule has 1 aliphatic heterocycles. The number of rotatable bonds is 8. The number of ether oxygens (including phenoxy) is 1. The summed E-state index contributed by atoms with van der Waals surface area (Å²) >= 11 is 7.51. The van der Waals surface area contributed by atoms with E-state index in [9.17, 15) is 4.79 Å². The minimum Gasteiger partial charge on any atom is -0.379 e. The van der Waals surface area contributed by atoms with Gasteiger partial charge in [0.2, 0.25) is 5.91 Å². The lowest BCUT2D eigenvalue weighted by molar-refractivity contribution is -0.120. The third-order valence-electron chi connectivity index (χ3n) is 4.75. The van der Waals surface area contributed by atoms with Crippen LogP contribution in [0, 0.1) is 0 Å². The molecule has 0 saturated carbocycles. The molecule has 0 radical (unpaired) electrons. The van der Waals surface area contributed by atoms with Crippen molar-refractivity contribution in [3.63, 3.8) is 0 Å². The van der Waals surface area contributed by atoms with Gasteiger partial charge in [-0.1, -0.05) is 42.8 Å². The lowest BCUT2D eigenvalue weighted by Gasteiger charge is -2.26. The van der Waals surface area contributed by atoms with Gasteiger partial charge >= 0.3 is 0 Å². The maximum absolute atomic E-state index is 12.6. The van der Waals surface area contributed by atoms with Crippen molar-refractivity contribution in [1.82, 2.24) is 10.2 Å². The van der Waals surface area contributed by atoms with Crippen molar-refractivity contribution in [2.45, 2.75) is 36.6 Å². The quantitative estimate of drug-likeness (QED) is 0.647. The van der Waals surface area contributed by atoms with Crippen LogP contribution in [0.2, 0.25) is 5.02 Å². The molecule has 1 saturated heterocycles. The summed E-state index contributed by atoms with van der Waals surface area (Å²) < 4.78 is 5.39. The third kappa shape index (κ3) is 6.52. The molecule has 0 aromatic heterocycles. The molecule has 1 heterocycles. The third-order valence-corrected chi connectivity index (χ3v) is 6.38.